The quantitative estimate of drug-likeness (QED) is 0.768. The lowest BCUT2D eigenvalue weighted by molar-refractivity contribution is 0.188. The van der Waals surface area contributed by atoms with Crippen LogP contribution in [-0.2, 0) is 11.2 Å². The van der Waals surface area contributed by atoms with Crippen LogP contribution >= 0.6 is 0 Å². The Labute approximate surface area is 146 Å². The molecule has 0 bridgehead atoms. The summed E-state index contributed by atoms with van der Waals surface area (Å²) in [5.41, 5.74) is 0.859. The van der Waals surface area contributed by atoms with Gasteiger partial charge in [-0.25, -0.2) is 4.79 Å². The molecule has 0 radical (unpaired) electrons. The van der Waals surface area contributed by atoms with Gasteiger partial charge in [-0.2, -0.15) is 4.98 Å². The average Bonchev–Trinajstić information content (AvgIpc) is 3.29. The maximum absolute atomic E-state index is 12.1. The highest BCUT2D eigenvalue weighted by Crippen LogP contribution is 2.22. The van der Waals surface area contributed by atoms with Crippen molar-refractivity contribution in [1.29, 1.82) is 0 Å². The second kappa shape index (κ2) is 8.57. The van der Waals surface area contributed by atoms with E-state index in [1.165, 1.54) is 0 Å². The van der Waals surface area contributed by atoms with Crippen molar-refractivity contribution >= 4 is 6.03 Å². The standard InChI is InChI=1S/C17H23N5O3/c1-24-10-2-6-19-17(23)22-9-5-13(12-22)11-15-20-16(25-21-15)14-3-7-18-8-4-14/h3-4,7-8,13H,2,5-6,9-12H2,1H3,(H,19,23). The fourth-order valence-corrected chi connectivity index (χ4v) is 2.91. The summed E-state index contributed by atoms with van der Waals surface area (Å²) in [5, 5.41) is 6.98. The van der Waals surface area contributed by atoms with Crippen LogP contribution in [-0.4, -0.2) is 59.4 Å². The second-order valence-corrected chi connectivity index (χ2v) is 6.13. The first kappa shape index (κ1) is 17.3. The largest absolute Gasteiger partial charge is 0.385 e. The summed E-state index contributed by atoms with van der Waals surface area (Å²) in [6, 6.07) is 3.66. The summed E-state index contributed by atoms with van der Waals surface area (Å²) in [5.74, 6) is 1.54. The highest BCUT2D eigenvalue weighted by molar-refractivity contribution is 5.74. The minimum Gasteiger partial charge on any atom is -0.385 e. The summed E-state index contributed by atoms with van der Waals surface area (Å²) in [6.07, 6.45) is 5.87. The zero-order valence-electron chi connectivity index (χ0n) is 14.4. The number of urea groups is 1. The summed E-state index contributed by atoms with van der Waals surface area (Å²) in [6.45, 7) is 2.76. The zero-order valence-corrected chi connectivity index (χ0v) is 14.4. The molecule has 2 amide bonds. The van der Waals surface area contributed by atoms with Crippen molar-refractivity contribution in [2.24, 2.45) is 5.92 Å². The van der Waals surface area contributed by atoms with Crippen LogP contribution in [0.2, 0.25) is 0 Å². The van der Waals surface area contributed by atoms with Crippen molar-refractivity contribution in [3.63, 3.8) is 0 Å². The number of hydrogen-bond donors (Lipinski definition) is 1. The summed E-state index contributed by atoms with van der Waals surface area (Å²) >= 11 is 0. The SMILES string of the molecule is COCCCNC(=O)N1CCC(Cc2noc(-c3ccncc3)n2)C1. The molecule has 2 aromatic heterocycles. The van der Waals surface area contributed by atoms with Gasteiger partial charge in [-0.05, 0) is 30.9 Å². The van der Waals surface area contributed by atoms with Crippen LogP contribution in [0.1, 0.15) is 18.7 Å². The molecular formula is C17H23N5O3. The molecule has 8 nitrogen and oxygen atoms in total. The maximum Gasteiger partial charge on any atom is 0.317 e. The molecule has 1 unspecified atom stereocenters. The Morgan fingerprint density at radius 1 is 1.44 bits per heavy atom. The molecule has 25 heavy (non-hydrogen) atoms. The third kappa shape index (κ3) is 4.76. The zero-order chi connectivity index (χ0) is 17.5. The van der Waals surface area contributed by atoms with Gasteiger partial charge in [0.15, 0.2) is 5.82 Å². The van der Waals surface area contributed by atoms with E-state index in [2.05, 4.69) is 20.4 Å². The molecule has 1 N–H and O–H groups in total. The number of carbonyl (C=O) groups is 1. The minimum atomic E-state index is -0.0100. The normalized spacial score (nSPS) is 17.0. The molecule has 3 rings (SSSR count). The van der Waals surface area contributed by atoms with E-state index in [1.807, 2.05) is 17.0 Å². The molecule has 0 aromatic carbocycles. The van der Waals surface area contributed by atoms with Gasteiger partial charge in [0.1, 0.15) is 0 Å². The Kier molecular flexibility index (Phi) is 5.95. The number of amides is 2. The van der Waals surface area contributed by atoms with Gasteiger partial charge >= 0.3 is 6.03 Å². The number of aromatic nitrogens is 3. The van der Waals surface area contributed by atoms with Crippen LogP contribution in [0.5, 0.6) is 0 Å². The van der Waals surface area contributed by atoms with Crippen molar-refractivity contribution in [1.82, 2.24) is 25.3 Å². The smallest absolute Gasteiger partial charge is 0.317 e. The topological polar surface area (TPSA) is 93.4 Å². The Morgan fingerprint density at radius 2 is 2.28 bits per heavy atom. The van der Waals surface area contributed by atoms with Crippen LogP contribution < -0.4 is 5.32 Å². The molecule has 0 aliphatic carbocycles. The molecule has 0 saturated carbocycles. The number of hydrogen-bond acceptors (Lipinski definition) is 6. The Balaban J connectivity index is 1.47. The first-order valence-electron chi connectivity index (χ1n) is 8.51. The number of ether oxygens (including phenoxy) is 1. The van der Waals surface area contributed by atoms with E-state index in [9.17, 15) is 4.79 Å². The summed E-state index contributed by atoms with van der Waals surface area (Å²) in [7, 11) is 1.66. The van der Waals surface area contributed by atoms with Crippen LogP contribution in [0.4, 0.5) is 4.79 Å². The lowest BCUT2D eigenvalue weighted by Crippen LogP contribution is -2.39. The number of methoxy groups -OCH3 is 1. The lowest BCUT2D eigenvalue weighted by atomic mass is 10.1. The van der Waals surface area contributed by atoms with Gasteiger partial charge < -0.3 is 19.5 Å². The van der Waals surface area contributed by atoms with Crippen molar-refractivity contribution in [2.45, 2.75) is 19.3 Å². The molecule has 1 saturated heterocycles. The molecule has 1 fully saturated rings. The Morgan fingerprint density at radius 3 is 3.08 bits per heavy atom. The fraction of sp³-hybridized carbons (Fsp3) is 0.529. The predicted molar refractivity (Wildman–Crippen MR) is 90.8 cm³/mol. The third-order valence-electron chi connectivity index (χ3n) is 4.24. The average molecular weight is 345 g/mol. The second-order valence-electron chi connectivity index (χ2n) is 6.13. The molecule has 3 heterocycles. The summed E-state index contributed by atoms with van der Waals surface area (Å²) in [4.78, 5) is 22.4. The van der Waals surface area contributed by atoms with E-state index in [0.29, 0.717) is 37.2 Å². The number of nitrogens with zero attached hydrogens (tertiary/aromatic N) is 4. The Hall–Kier alpha value is -2.48. The number of pyridine rings is 1. The maximum atomic E-state index is 12.1. The molecule has 2 aromatic rings. The molecular weight excluding hydrogens is 322 g/mol. The van der Waals surface area contributed by atoms with E-state index in [-0.39, 0.29) is 6.03 Å². The van der Waals surface area contributed by atoms with Gasteiger partial charge in [-0.1, -0.05) is 5.16 Å². The van der Waals surface area contributed by atoms with Crippen molar-refractivity contribution in [3.8, 4) is 11.5 Å². The minimum absolute atomic E-state index is 0.0100. The Bertz CT molecular complexity index is 676. The lowest BCUT2D eigenvalue weighted by Gasteiger charge is -2.17. The number of rotatable bonds is 7. The molecule has 0 spiro atoms. The number of carbonyl (C=O) groups excluding carboxylic acids is 1. The van der Waals surface area contributed by atoms with Crippen molar-refractivity contribution < 1.29 is 14.1 Å². The van der Waals surface area contributed by atoms with E-state index in [0.717, 1.165) is 31.5 Å². The fourth-order valence-electron chi connectivity index (χ4n) is 2.91. The third-order valence-corrected chi connectivity index (χ3v) is 4.24. The highest BCUT2D eigenvalue weighted by atomic mass is 16.5. The van der Waals surface area contributed by atoms with Gasteiger partial charge in [0.2, 0.25) is 0 Å². The molecule has 1 aliphatic rings. The molecule has 8 heteroatoms. The van der Waals surface area contributed by atoms with Gasteiger partial charge in [-0.3, -0.25) is 4.98 Å². The van der Waals surface area contributed by atoms with E-state index in [1.54, 1.807) is 19.5 Å². The van der Waals surface area contributed by atoms with E-state index >= 15 is 0 Å². The first-order chi connectivity index (χ1) is 12.3. The number of likely N-dealkylation sites (tertiary alicyclic amines) is 1. The van der Waals surface area contributed by atoms with Gasteiger partial charge in [0.25, 0.3) is 5.89 Å². The van der Waals surface area contributed by atoms with Crippen LogP contribution in [0, 0.1) is 5.92 Å². The first-order valence-corrected chi connectivity index (χ1v) is 8.51. The predicted octanol–water partition coefficient (Wildman–Crippen LogP) is 1.74. The van der Waals surface area contributed by atoms with E-state index < -0.39 is 0 Å². The monoisotopic (exact) mass is 345 g/mol. The van der Waals surface area contributed by atoms with E-state index in [4.69, 9.17) is 9.26 Å². The van der Waals surface area contributed by atoms with Crippen LogP contribution in [0.3, 0.4) is 0 Å². The molecule has 1 aliphatic heterocycles. The van der Waals surface area contributed by atoms with Gasteiger partial charge in [0, 0.05) is 57.7 Å². The molecule has 134 valence electrons. The van der Waals surface area contributed by atoms with Gasteiger partial charge in [0.05, 0.1) is 0 Å². The van der Waals surface area contributed by atoms with Crippen molar-refractivity contribution in [2.75, 3.05) is 33.4 Å². The summed E-state index contributed by atoms with van der Waals surface area (Å²) < 4.78 is 10.3. The van der Waals surface area contributed by atoms with Gasteiger partial charge in [-0.15, -0.1) is 0 Å². The van der Waals surface area contributed by atoms with Crippen LogP contribution in [0.25, 0.3) is 11.5 Å². The highest BCUT2D eigenvalue weighted by Gasteiger charge is 2.27. The van der Waals surface area contributed by atoms with Crippen molar-refractivity contribution in [3.05, 3.63) is 30.4 Å². The van der Waals surface area contributed by atoms with Crippen LogP contribution in [0.15, 0.2) is 29.0 Å². The molecule has 1 atom stereocenters. The number of nitrogens with one attached hydrogen (secondary N) is 1.